The Labute approximate surface area is 178 Å². The highest BCUT2D eigenvalue weighted by Gasteiger charge is 2.30. The van der Waals surface area contributed by atoms with Crippen LogP contribution < -0.4 is 4.90 Å². The first kappa shape index (κ1) is 20.1. The smallest absolute Gasteiger partial charge is 0.237 e. The van der Waals surface area contributed by atoms with Crippen molar-refractivity contribution >= 4 is 23.4 Å². The number of aromatic nitrogens is 3. The molecule has 0 spiro atoms. The van der Waals surface area contributed by atoms with E-state index in [9.17, 15) is 9.18 Å². The van der Waals surface area contributed by atoms with Crippen LogP contribution >= 0.6 is 11.8 Å². The van der Waals surface area contributed by atoms with Crippen LogP contribution in [0.5, 0.6) is 0 Å². The van der Waals surface area contributed by atoms with Crippen molar-refractivity contribution in [2.24, 2.45) is 0 Å². The lowest BCUT2D eigenvalue weighted by atomic mass is 10.2. The Morgan fingerprint density at radius 2 is 1.93 bits per heavy atom. The van der Waals surface area contributed by atoms with Gasteiger partial charge in [0.05, 0.1) is 29.6 Å². The Morgan fingerprint density at radius 3 is 2.63 bits per heavy atom. The van der Waals surface area contributed by atoms with E-state index in [-0.39, 0.29) is 30.3 Å². The molecule has 0 unspecified atom stereocenters. The molecule has 0 bridgehead atoms. The molecule has 1 aliphatic carbocycles. The first-order valence-corrected chi connectivity index (χ1v) is 10.7. The van der Waals surface area contributed by atoms with Gasteiger partial charge in [-0.1, -0.05) is 42.1 Å². The van der Waals surface area contributed by atoms with Crippen LogP contribution in [-0.4, -0.2) is 33.0 Å². The third kappa shape index (κ3) is 4.52. The van der Waals surface area contributed by atoms with Crippen molar-refractivity contribution in [1.82, 2.24) is 14.8 Å². The summed E-state index contributed by atoms with van der Waals surface area (Å²) in [5, 5.41) is 14.0. The molecular formula is C22H20FN5OS. The molecule has 152 valence electrons. The van der Waals surface area contributed by atoms with Gasteiger partial charge in [-0.25, -0.2) is 14.1 Å². The van der Waals surface area contributed by atoms with Gasteiger partial charge in [-0.2, -0.15) is 5.26 Å². The van der Waals surface area contributed by atoms with E-state index < -0.39 is 5.82 Å². The van der Waals surface area contributed by atoms with E-state index in [4.69, 9.17) is 5.26 Å². The van der Waals surface area contributed by atoms with Gasteiger partial charge in [0.15, 0.2) is 0 Å². The molecule has 1 aromatic heterocycles. The largest absolute Gasteiger partial charge is 0.308 e. The lowest BCUT2D eigenvalue weighted by Gasteiger charge is -2.21. The summed E-state index contributed by atoms with van der Waals surface area (Å²) in [7, 11) is 0. The van der Waals surface area contributed by atoms with E-state index in [2.05, 4.69) is 10.1 Å². The quantitative estimate of drug-likeness (QED) is 0.506. The van der Waals surface area contributed by atoms with E-state index >= 15 is 0 Å². The lowest BCUT2D eigenvalue weighted by Crippen LogP contribution is -2.34. The number of carbonyl (C=O) groups excluding carboxylic acids is 1. The summed E-state index contributed by atoms with van der Waals surface area (Å²) in [4.78, 5) is 18.8. The molecule has 0 atom stereocenters. The maximum absolute atomic E-state index is 14.2. The molecule has 0 aliphatic heterocycles. The Bertz CT molecular complexity index is 1070. The first-order valence-electron chi connectivity index (χ1n) is 9.74. The van der Waals surface area contributed by atoms with Gasteiger partial charge in [-0.3, -0.25) is 4.79 Å². The lowest BCUT2D eigenvalue weighted by molar-refractivity contribution is -0.116. The molecule has 1 aliphatic rings. The highest BCUT2D eigenvalue weighted by atomic mass is 32.2. The fourth-order valence-electron chi connectivity index (χ4n) is 3.15. The molecule has 0 N–H and O–H groups in total. The zero-order valence-corrected chi connectivity index (χ0v) is 17.1. The van der Waals surface area contributed by atoms with E-state index in [1.807, 2.05) is 41.1 Å². The fourth-order valence-corrected chi connectivity index (χ4v) is 3.85. The van der Waals surface area contributed by atoms with Crippen LogP contribution in [0.4, 0.5) is 10.1 Å². The summed E-state index contributed by atoms with van der Waals surface area (Å²) < 4.78 is 16.1. The molecule has 1 fully saturated rings. The van der Waals surface area contributed by atoms with Crippen molar-refractivity contribution in [3.05, 3.63) is 66.2 Å². The van der Waals surface area contributed by atoms with E-state index in [0.29, 0.717) is 11.1 Å². The van der Waals surface area contributed by atoms with E-state index in [0.717, 1.165) is 24.4 Å². The van der Waals surface area contributed by atoms with Crippen LogP contribution in [0.2, 0.25) is 0 Å². The summed E-state index contributed by atoms with van der Waals surface area (Å²) in [6.45, 7) is 0.135. The number of para-hydroxylation sites is 2. The monoisotopic (exact) mass is 421 g/mol. The van der Waals surface area contributed by atoms with Gasteiger partial charge in [0.25, 0.3) is 0 Å². The van der Waals surface area contributed by atoms with Crippen molar-refractivity contribution in [1.29, 1.82) is 5.26 Å². The Balaban J connectivity index is 1.51. The number of hydrogen-bond donors (Lipinski definition) is 0. The van der Waals surface area contributed by atoms with Crippen molar-refractivity contribution in [3.63, 3.8) is 0 Å². The minimum Gasteiger partial charge on any atom is -0.308 e. The molecule has 4 rings (SSSR count). The van der Waals surface area contributed by atoms with Gasteiger partial charge < -0.3 is 4.90 Å². The van der Waals surface area contributed by atoms with Crippen LogP contribution in [0.1, 0.15) is 31.0 Å². The molecule has 30 heavy (non-hydrogen) atoms. The van der Waals surface area contributed by atoms with Gasteiger partial charge in [0.2, 0.25) is 11.1 Å². The molecule has 1 amide bonds. The standard InChI is InChI=1S/C22H20FN5OS/c23-18-9-4-5-10-19(18)27(14-6-13-24)20(29)15-30-22-25-21(16-11-12-16)28(26-22)17-7-2-1-3-8-17/h1-5,7-10,16H,6,11-12,14-15H2. The predicted molar refractivity (Wildman–Crippen MR) is 113 cm³/mol. The minimum absolute atomic E-state index is 0.0582. The van der Waals surface area contributed by atoms with Crippen molar-refractivity contribution in [2.75, 3.05) is 17.2 Å². The maximum atomic E-state index is 14.2. The fraction of sp³-hybridized carbons (Fsp3) is 0.273. The summed E-state index contributed by atoms with van der Waals surface area (Å²) in [6.07, 6.45) is 2.30. The number of benzene rings is 2. The topological polar surface area (TPSA) is 74.8 Å². The first-order chi connectivity index (χ1) is 14.7. The number of halogens is 1. The summed E-state index contributed by atoms with van der Waals surface area (Å²) in [5.41, 5.74) is 1.12. The van der Waals surface area contributed by atoms with Crippen LogP contribution in [0.15, 0.2) is 59.8 Å². The number of nitriles is 1. The second kappa shape index (κ2) is 9.09. The van der Waals surface area contributed by atoms with Crippen molar-refractivity contribution < 1.29 is 9.18 Å². The zero-order valence-electron chi connectivity index (χ0n) is 16.2. The molecule has 1 saturated carbocycles. The van der Waals surface area contributed by atoms with Gasteiger partial charge in [0.1, 0.15) is 11.6 Å². The number of carbonyl (C=O) groups is 1. The third-order valence-electron chi connectivity index (χ3n) is 4.77. The van der Waals surface area contributed by atoms with Crippen LogP contribution in [0, 0.1) is 17.1 Å². The van der Waals surface area contributed by atoms with Gasteiger partial charge >= 0.3 is 0 Å². The van der Waals surface area contributed by atoms with Crippen LogP contribution in [0.25, 0.3) is 5.69 Å². The molecule has 0 saturated heterocycles. The molecule has 2 aromatic carbocycles. The molecule has 1 heterocycles. The van der Waals surface area contributed by atoms with Crippen LogP contribution in [-0.2, 0) is 4.79 Å². The van der Waals surface area contributed by atoms with Gasteiger partial charge in [-0.05, 0) is 37.1 Å². The second-order valence-corrected chi connectivity index (χ2v) is 7.91. The summed E-state index contributed by atoms with van der Waals surface area (Å²) in [5.74, 6) is 0.587. The molecule has 3 aromatic rings. The number of amides is 1. The third-order valence-corrected chi connectivity index (χ3v) is 5.59. The SMILES string of the molecule is N#CCCN(C(=O)CSc1nc(C2CC2)n(-c2ccccc2)n1)c1ccccc1F. The minimum atomic E-state index is -0.490. The summed E-state index contributed by atoms with van der Waals surface area (Å²) in [6, 6.07) is 17.9. The van der Waals surface area contributed by atoms with Crippen LogP contribution in [0.3, 0.4) is 0 Å². The highest BCUT2D eigenvalue weighted by Crippen LogP contribution is 2.40. The highest BCUT2D eigenvalue weighted by molar-refractivity contribution is 7.99. The zero-order chi connectivity index (χ0) is 20.9. The van der Waals surface area contributed by atoms with E-state index in [1.54, 1.807) is 18.2 Å². The Morgan fingerprint density at radius 1 is 1.20 bits per heavy atom. The molecule has 6 nitrogen and oxygen atoms in total. The average Bonchev–Trinajstić information content (AvgIpc) is 3.53. The average molecular weight is 422 g/mol. The number of nitrogens with zero attached hydrogens (tertiary/aromatic N) is 5. The molecule has 8 heteroatoms. The van der Waals surface area contributed by atoms with Gasteiger partial charge in [-0.15, -0.1) is 5.10 Å². The predicted octanol–water partition coefficient (Wildman–Crippen LogP) is 4.32. The summed E-state index contributed by atoms with van der Waals surface area (Å²) >= 11 is 1.23. The number of anilines is 1. The van der Waals surface area contributed by atoms with Crippen molar-refractivity contribution in [3.8, 4) is 11.8 Å². The molecular weight excluding hydrogens is 401 g/mol. The van der Waals surface area contributed by atoms with E-state index in [1.165, 1.54) is 22.7 Å². The van der Waals surface area contributed by atoms with Crippen molar-refractivity contribution in [2.45, 2.75) is 30.3 Å². The number of hydrogen-bond acceptors (Lipinski definition) is 5. The second-order valence-electron chi connectivity index (χ2n) is 6.97. The Hall–Kier alpha value is -3.18. The van der Waals surface area contributed by atoms with Gasteiger partial charge in [0, 0.05) is 12.5 Å². The maximum Gasteiger partial charge on any atom is 0.237 e. The normalized spacial score (nSPS) is 13.1. The number of rotatable bonds is 8. The number of thioether (sulfide) groups is 1. The Kier molecular flexibility index (Phi) is 6.10. The molecule has 0 radical (unpaired) electrons.